The number of ether oxygens (including phenoxy) is 1. The molecule has 0 bridgehead atoms. The van der Waals surface area contributed by atoms with Gasteiger partial charge in [-0.15, -0.1) is 0 Å². The van der Waals surface area contributed by atoms with Crippen LogP contribution >= 0.6 is 0 Å². The molecular formula is C21H26FNO2. The number of carbonyl (C=O) groups excluding carboxylic acids is 1. The maximum atomic E-state index is 13.7. The Morgan fingerprint density at radius 3 is 2.52 bits per heavy atom. The smallest absolute Gasteiger partial charge is 0.311 e. The summed E-state index contributed by atoms with van der Waals surface area (Å²) in [6.07, 6.45) is 9.16. The van der Waals surface area contributed by atoms with Crippen LogP contribution in [0.5, 0.6) is 5.75 Å². The minimum Gasteiger partial charge on any atom is -0.427 e. The van der Waals surface area contributed by atoms with Crippen molar-refractivity contribution < 1.29 is 13.9 Å². The zero-order chi connectivity index (χ0) is 16.8. The van der Waals surface area contributed by atoms with E-state index in [9.17, 15) is 9.18 Å². The lowest BCUT2D eigenvalue weighted by Gasteiger charge is -2.20. The summed E-state index contributed by atoms with van der Waals surface area (Å²) in [6.45, 7) is 0. The summed E-state index contributed by atoms with van der Waals surface area (Å²) in [5.74, 6) is 0.467. The Kier molecular flexibility index (Phi) is 7.11. The molecule has 2 aromatic rings. The molecule has 1 fully saturated rings. The Hall–Kier alpha value is -2.23. The van der Waals surface area contributed by atoms with Crippen molar-refractivity contribution in [3.63, 3.8) is 0 Å². The first kappa shape index (κ1) is 19.1. The number of hydrogen-bond acceptors (Lipinski definition) is 3. The first-order valence-corrected chi connectivity index (χ1v) is 8.64. The maximum absolute atomic E-state index is 13.7. The molecule has 1 aromatic carbocycles. The number of benzene rings is 1. The fourth-order valence-electron chi connectivity index (χ4n) is 3.28. The predicted molar refractivity (Wildman–Crippen MR) is 97.8 cm³/mol. The largest absolute Gasteiger partial charge is 0.427 e. The fraction of sp³-hybridized carbons (Fsp3) is 0.429. The zero-order valence-corrected chi connectivity index (χ0v) is 13.7. The van der Waals surface area contributed by atoms with Crippen LogP contribution in [0.3, 0.4) is 0 Å². The Bertz CT molecular complexity index is 679. The average molecular weight is 343 g/mol. The van der Waals surface area contributed by atoms with Gasteiger partial charge in [-0.3, -0.25) is 4.79 Å². The molecule has 25 heavy (non-hydrogen) atoms. The van der Waals surface area contributed by atoms with E-state index in [4.69, 9.17) is 4.74 Å². The molecule has 1 aromatic heterocycles. The van der Waals surface area contributed by atoms with Crippen LogP contribution in [0.25, 0.3) is 11.1 Å². The Morgan fingerprint density at radius 1 is 1.12 bits per heavy atom. The lowest BCUT2D eigenvalue weighted by Crippen LogP contribution is -2.12. The lowest BCUT2D eigenvalue weighted by atomic mass is 9.86. The summed E-state index contributed by atoms with van der Waals surface area (Å²) in [6, 6.07) is 10.2. The molecule has 1 aliphatic carbocycles. The number of pyridine rings is 1. The number of carbonyl (C=O) groups is 1. The van der Waals surface area contributed by atoms with E-state index in [0.29, 0.717) is 29.2 Å². The monoisotopic (exact) mass is 343 g/mol. The molecule has 1 aliphatic rings. The first-order valence-electron chi connectivity index (χ1n) is 8.64. The predicted octanol–water partition coefficient (Wildman–Crippen LogP) is 5.79. The fourth-order valence-corrected chi connectivity index (χ4v) is 3.28. The van der Waals surface area contributed by atoms with Crippen LogP contribution < -0.4 is 4.74 Å². The van der Waals surface area contributed by atoms with Crippen molar-refractivity contribution in [1.29, 1.82) is 0 Å². The standard InChI is InChI=1S/C20H22FNO2.CH4/c21-20-18(7-4-14-22-20)16-9-11-17(12-10-16)24-19(23)13-8-15-5-2-1-3-6-15;/h4,7,9-12,14-15H,1-3,5-6,8,13H2;1H4. The molecule has 0 unspecified atom stereocenters. The van der Waals surface area contributed by atoms with Gasteiger partial charge in [0.25, 0.3) is 0 Å². The van der Waals surface area contributed by atoms with Gasteiger partial charge in [-0.1, -0.05) is 51.7 Å². The molecule has 0 aliphatic heterocycles. The summed E-state index contributed by atoms with van der Waals surface area (Å²) < 4.78 is 19.0. The number of hydrogen-bond donors (Lipinski definition) is 0. The third kappa shape index (κ3) is 5.38. The molecule has 0 radical (unpaired) electrons. The van der Waals surface area contributed by atoms with Gasteiger partial charge in [-0.2, -0.15) is 4.39 Å². The second-order valence-electron chi connectivity index (χ2n) is 6.38. The lowest BCUT2D eigenvalue weighted by molar-refractivity contribution is -0.134. The summed E-state index contributed by atoms with van der Waals surface area (Å²) >= 11 is 0. The summed E-state index contributed by atoms with van der Waals surface area (Å²) in [7, 11) is 0. The van der Waals surface area contributed by atoms with Crippen molar-refractivity contribution in [3.05, 3.63) is 48.5 Å². The van der Waals surface area contributed by atoms with Gasteiger partial charge in [-0.25, -0.2) is 4.98 Å². The third-order valence-corrected chi connectivity index (χ3v) is 4.64. The van der Waals surface area contributed by atoms with E-state index in [-0.39, 0.29) is 13.4 Å². The van der Waals surface area contributed by atoms with E-state index < -0.39 is 5.95 Å². The highest BCUT2D eigenvalue weighted by atomic mass is 19.1. The van der Waals surface area contributed by atoms with Crippen molar-refractivity contribution in [2.24, 2.45) is 5.92 Å². The number of rotatable bonds is 5. The molecule has 0 spiro atoms. The van der Waals surface area contributed by atoms with Crippen molar-refractivity contribution in [2.45, 2.75) is 52.4 Å². The zero-order valence-electron chi connectivity index (χ0n) is 13.7. The van der Waals surface area contributed by atoms with Gasteiger partial charge >= 0.3 is 5.97 Å². The van der Waals surface area contributed by atoms with E-state index in [1.54, 1.807) is 36.4 Å². The van der Waals surface area contributed by atoms with Crippen molar-refractivity contribution in [3.8, 4) is 16.9 Å². The van der Waals surface area contributed by atoms with Gasteiger partial charge in [0.1, 0.15) is 5.75 Å². The average Bonchev–Trinajstić information content (AvgIpc) is 2.62. The minimum atomic E-state index is -0.505. The number of esters is 1. The van der Waals surface area contributed by atoms with Crippen LogP contribution in [-0.4, -0.2) is 11.0 Å². The first-order chi connectivity index (χ1) is 11.7. The topological polar surface area (TPSA) is 39.2 Å². The van der Waals surface area contributed by atoms with Gasteiger partial charge in [0.05, 0.1) is 0 Å². The van der Waals surface area contributed by atoms with Gasteiger partial charge in [0, 0.05) is 18.2 Å². The van der Waals surface area contributed by atoms with Crippen LogP contribution in [-0.2, 0) is 4.79 Å². The van der Waals surface area contributed by atoms with E-state index >= 15 is 0 Å². The molecule has 3 nitrogen and oxygen atoms in total. The van der Waals surface area contributed by atoms with Crippen LogP contribution in [0.2, 0.25) is 0 Å². The summed E-state index contributed by atoms with van der Waals surface area (Å²) in [5, 5.41) is 0. The summed E-state index contributed by atoms with van der Waals surface area (Å²) in [4.78, 5) is 15.6. The van der Waals surface area contributed by atoms with Crippen molar-refractivity contribution in [1.82, 2.24) is 4.98 Å². The normalized spacial score (nSPS) is 14.6. The number of nitrogens with zero attached hydrogens (tertiary/aromatic N) is 1. The molecule has 0 atom stereocenters. The molecule has 134 valence electrons. The second-order valence-corrected chi connectivity index (χ2v) is 6.38. The molecule has 0 amide bonds. The van der Waals surface area contributed by atoms with E-state index in [1.165, 1.54) is 38.3 Å². The molecule has 4 heteroatoms. The van der Waals surface area contributed by atoms with Gasteiger partial charge in [0.2, 0.25) is 5.95 Å². The highest BCUT2D eigenvalue weighted by Crippen LogP contribution is 2.28. The van der Waals surface area contributed by atoms with Gasteiger partial charge in [-0.05, 0) is 42.2 Å². The molecule has 0 N–H and O–H groups in total. The third-order valence-electron chi connectivity index (χ3n) is 4.64. The van der Waals surface area contributed by atoms with E-state index in [0.717, 1.165) is 6.42 Å². The Balaban J connectivity index is 0.00000225. The van der Waals surface area contributed by atoms with E-state index in [2.05, 4.69) is 4.98 Å². The van der Waals surface area contributed by atoms with Crippen molar-refractivity contribution in [2.75, 3.05) is 0 Å². The van der Waals surface area contributed by atoms with Crippen LogP contribution in [0.15, 0.2) is 42.6 Å². The quantitative estimate of drug-likeness (QED) is 0.392. The minimum absolute atomic E-state index is 0. The second kappa shape index (κ2) is 9.30. The summed E-state index contributed by atoms with van der Waals surface area (Å²) in [5.41, 5.74) is 1.15. The Morgan fingerprint density at radius 2 is 1.84 bits per heavy atom. The molecule has 0 saturated heterocycles. The Labute approximate surface area is 149 Å². The molecular weight excluding hydrogens is 317 g/mol. The number of aromatic nitrogens is 1. The van der Waals surface area contributed by atoms with Gasteiger partial charge < -0.3 is 4.74 Å². The van der Waals surface area contributed by atoms with E-state index in [1.807, 2.05) is 0 Å². The highest BCUT2D eigenvalue weighted by Gasteiger charge is 2.15. The van der Waals surface area contributed by atoms with Crippen LogP contribution in [0.1, 0.15) is 52.4 Å². The van der Waals surface area contributed by atoms with Gasteiger partial charge in [0.15, 0.2) is 0 Å². The molecule has 1 saturated carbocycles. The molecule has 3 rings (SSSR count). The van der Waals surface area contributed by atoms with Crippen molar-refractivity contribution >= 4 is 5.97 Å². The highest BCUT2D eigenvalue weighted by molar-refractivity contribution is 5.73. The SMILES string of the molecule is C.O=C(CCC1CCCCC1)Oc1ccc(-c2cccnc2F)cc1. The maximum Gasteiger partial charge on any atom is 0.311 e. The number of halogens is 1. The molecule has 1 heterocycles. The van der Waals surface area contributed by atoms with Crippen LogP contribution in [0.4, 0.5) is 4.39 Å². The van der Waals surface area contributed by atoms with Crippen LogP contribution in [0, 0.1) is 11.9 Å².